The van der Waals surface area contributed by atoms with Crippen LogP contribution in [0, 0.1) is 0 Å². The van der Waals surface area contributed by atoms with Gasteiger partial charge in [0.15, 0.2) is 16.3 Å². The number of hydrogen-bond donors (Lipinski definition) is 0. The molecular weight excluding hydrogens is 484 g/mol. The molecule has 1 aliphatic heterocycles. The summed E-state index contributed by atoms with van der Waals surface area (Å²) in [6.45, 7) is 6.52. The second-order valence-corrected chi connectivity index (χ2v) is 9.92. The SMILES string of the molecule is CCCCOc1ccc(C=c2sc3n(c2=O)C(c2cccs2)C(C(=O)OCC)=C(C)N=3)cc1OC. The van der Waals surface area contributed by atoms with Gasteiger partial charge in [-0.15, -0.1) is 11.3 Å². The summed E-state index contributed by atoms with van der Waals surface area (Å²) in [6.07, 6.45) is 3.83. The fraction of sp³-hybridized carbons (Fsp3) is 0.346. The van der Waals surface area contributed by atoms with Crippen LogP contribution in [0.1, 0.15) is 50.1 Å². The molecule has 1 aliphatic rings. The highest BCUT2D eigenvalue weighted by atomic mass is 32.1. The quantitative estimate of drug-likeness (QED) is 0.319. The lowest BCUT2D eigenvalue weighted by Crippen LogP contribution is -2.39. The van der Waals surface area contributed by atoms with E-state index in [-0.39, 0.29) is 12.2 Å². The lowest BCUT2D eigenvalue weighted by molar-refractivity contribution is -0.139. The zero-order chi connectivity index (χ0) is 24.9. The first-order valence-corrected chi connectivity index (χ1v) is 13.2. The molecule has 9 heteroatoms. The molecule has 1 atom stereocenters. The molecule has 0 saturated heterocycles. The summed E-state index contributed by atoms with van der Waals surface area (Å²) in [5, 5.41) is 1.93. The Labute approximate surface area is 211 Å². The van der Waals surface area contributed by atoms with E-state index in [1.54, 1.807) is 25.5 Å². The van der Waals surface area contributed by atoms with Crippen LogP contribution in [-0.2, 0) is 9.53 Å². The summed E-state index contributed by atoms with van der Waals surface area (Å²) in [6, 6.07) is 8.86. The van der Waals surface area contributed by atoms with E-state index in [0.29, 0.717) is 38.7 Å². The first-order valence-electron chi connectivity index (χ1n) is 11.5. The molecule has 0 saturated carbocycles. The lowest BCUT2D eigenvalue weighted by atomic mass is 10.0. The van der Waals surface area contributed by atoms with E-state index in [0.717, 1.165) is 23.3 Å². The van der Waals surface area contributed by atoms with Gasteiger partial charge in [0.05, 0.1) is 36.1 Å². The fourth-order valence-electron chi connectivity index (χ4n) is 3.88. The molecule has 0 radical (unpaired) electrons. The Morgan fingerprint density at radius 1 is 1.23 bits per heavy atom. The molecule has 7 nitrogen and oxygen atoms in total. The van der Waals surface area contributed by atoms with Gasteiger partial charge in [-0.2, -0.15) is 0 Å². The molecule has 1 unspecified atom stereocenters. The van der Waals surface area contributed by atoms with E-state index in [1.807, 2.05) is 41.8 Å². The number of fused-ring (bicyclic) bond motifs is 1. The van der Waals surface area contributed by atoms with Crippen LogP contribution in [0.2, 0.25) is 0 Å². The van der Waals surface area contributed by atoms with Gasteiger partial charge in [-0.3, -0.25) is 9.36 Å². The number of thiophene rings is 1. The van der Waals surface area contributed by atoms with E-state index in [2.05, 4.69) is 11.9 Å². The van der Waals surface area contributed by atoms with Crippen LogP contribution in [0.4, 0.5) is 0 Å². The third kappa shape index (κ3) is 5.11. The molecule has 0 N–H and O–H groups in total. The van der Waals surface area contributed by atoms with Gasteiger partial charge in [0.25, 0.3) is 5.56 Å². The topological polar surface area (TPSA) is 79.1 Å². The summed E-state index contributed by atoms with van der Waals surface area (Å²) in [4.78, 5) is 32.5. The highest BCUT2D eigenvalue weighted by Gasteiger charge is 2.33. The minimum atomic E-state index is -0.573. The summed E-state index contributed by atoms with van der Waals surface area (Å²) < 4.78 is 18.8. The zero-order valence-electron chi connectivity index (χ0n) is 20.2. The van der Waals surface area contributed by atoms with Gasteiger partial charge in [-0.25, -0.2) is 9.79 Å². The smallest absolute Gasteiger partial charge is 0.338 e. The Kier molecular flexibility index (Phi) is 7.87. The number of carbonyl (C=O) groups excluding carboxylic acids is 1. The number of benzene rings is 1. The maximum Gasteiger partial charge on any atom is 0.338 e. The molecule has 0 fully saturated rings. The maximum absolute atomic E-state index is 13.6. The largest absolute Gasteiger partial charge is 0.493 e. The number of ether oxygens (including phenoxy) is 3. The molecule has 2 aromatic heterocycles. The number of methoxy groups -OCH3 is 1. The van der Waals surface area contributed by atoms with Crippen molar-refractivity contribution in [1.29, 1.82) is 0 Å². The molecule has 3 heterocycles. The Morgan fingerprint density at radius 2 is 2.06 bits per heavy atom. The number of carbonyl (C=O) groups is 1. The third-order valence-corrected chi connectivity index (χ3v) is 7.48. The van der Waals surface area contributed by atoms with Crippen LogP contribution in [0.5, 0.6) is 11.5 Å². The van der Waals surface area contributed by atoms with Gasteiger partial charge in [-0.1, -0.05) is 36.8 Å². The standard InChI is InChI=1S/C26H28N2O5S2/c1-5-7-12-33-18-11-10-17(14-19(18)31-4)15-21-24(29)28-23(20-9-8-13-34-20)22(25(30)32-6-2)16(3)27-26(28)35-21/h8-11,13-15,23H,5-7,12H2,1-4H3. The summed E-state index contributed by atoms with van der Waals surface area (Å²) in [5.41, 5.74) is 1.56. The van der Waals surface area contributed by atoms with Gasteiger partial charge < -0.3 is 14.2 Å². The summed E-state index contributed by atoms with van der Waals surface area (Å²) >= 11 is 2.79. The molecule has 0 spiro atoms. The van der Waals surface area contributed by atoms with E-state index in [4.69, 9.17) is 14.2 Å². The van der Waals surface area contributed by atoms with Crippen LogP contribution in [0.25, 0.3) is 6.08 Å². The van der Waals surface area contributed by atoms with Crippen LogP contribution >= 0.6 is 22.7 Å². The van der Waals surface area contributed by atoms with Crippen molar-refractivity contribution in [2.75, 3.05) is 20.3 Å². The van der Waals surface area contributed by atoms with Crippen molar-refractivity contribution >= 4 is 34.7 Å². The normalized spacial score (nSPS) is 15.5. The Bertz CT molecular complexity index is 1420. The van der Waals surface area contributed by atoms with E-state index >= 15 is 0 Å². The van der Waals surface area contributed by atoms with Crippen molar-refractivity contribution in [2.24, 2.45) is 4.99 Å². The molecule has 4 rings (SSSR count). The van der Waals surface area contributed by atoms with Crippen molar-refractivity contribution in [3.8, 4) is 11.5 Å². The molecule has 3 aromatic rings. The summed E-state index contributed by atoms with van der Waals surface area (Å²) in [7, 11) is 1.60. The molecule has 0 bridgehead atoms. The Morgan fingerprint density at radius 3 is 2.74 bits per heavy atom. The minimum absolute atomic E-state index is 0.205. The van der Waals surface area contributed by atoms with Crippen molar-refractivity contribution in [2.45, 2.75) is 39.7 Å². The first-order chi connectivity index (χ1) is 17.0. The number of allylic oxidation sites excluding steroid dienone is 1. The number of nitrogens with zero attached hydrogens (tertiary/aromatic N) is 2. The number of esters is 1. The number of thiazole rings is 1. The molecular formula is C26H28N2O5S2. The number of aromatic nitrogens is 1. The second-order valence-electron chi connectivity index (χ2n) is 7.93. The van der Waals surface area contributed by atoms with Gasteiger partial charge in [0.1, 0.15) is 6.04 Å². The van der Waals surface area contributed by atoms with Crippen molar-refractivity contribution < 1.29 is 19.0 Å². The van der Waals surface area contributed by atoms with Crippen LogP contribution in [-0.4, -0.2) is 30.9 Å². The van der Waals surface area contributed by atoms with E-state index < -0.39 is 12.0 Å². The number of unbranched alkanes of at least 4 members (excludes halogenated alkanes) is 1. The molecule has 0 aliphatic carbocycles. The average Bonchev–Trinajstić information content (AvgIpc) is 3.48. The first kappa shape index (κ1) is 24.9. The third-order valence-electron chi connectivity index (χ3n) is 5.57. The van der Waals surface area contributed by atoms with Gasteiger partial charge in [-0.05, 0) is 55.5 Å². The molecule has 184 valence electrons. The van der Waals surface area contributed by atoms with Crippen LogP contribution < -0.4 is 24.4 Å². The molecule has 1 aromatic carbocycles. The van der Waals surface area contributed by atoms with Crippen molar-refractivity contribution in [3.05, 3.63) is 77.1 Å². The van der Waals surface area contributed by atoms with E-state index in [1.165, 1.54) is 22.7 Å². The van der Waals surface area contributed by atoms with Gasteiger partial charge >= 0.3 is 5.97 Å². The second kappa shape index (κ2) is 11.0. The molecule has 0 amide bonds. The predicted molar refractivity (Wildman–Crippen MR) is 138 cm³/mol. The number of hydrogen-bond acceptors (Lipinski definition) is 8. The average molecular weight is 513 g/mol. The Hall–Kier alpha value is -3.17. The van der Waals surface area contributed by atoms with Crippen molar-refractivity contribution in [3.63, 3.8) is 0 Å². The monoisotopic (exact) mass is 512 g/mol. The highest BCUT2D eigenvalue weighted by molar-refractivity contribution is 7.10. The predicted octanol–water partition coefficient (Wildman–Crippen LogP) is 4.05. The number of rotatable bonds is 9. The van der Waals surface area contributed by atoms with Gasteiger partial charge in [0.2, 0.25) is 0 Å². The zero-order valence-corrected chi connectivity index (χ0v) is 21.8. The van der Waals surface area contributed by atoms with E-state index in [9.17, 15) is 9.59 Å². The molecule has 35 heavy (non-hydrogen) atoms. The van der Waals surface area contributed by atoms with Crippen molar-refractivity contribution in [1.82, 2.24) is 4.57 Å². The van der Waals surface area contributed by atoms with Crippen LogP contribution in [0.15, 0.2) is 56.8 Å². The minimum Gasteiger partial charge on any atom is -0.493 e. The summed E-state index contributed by atoms with van der Waals surface area (Å²) in [5.74, 6) is 0.830. The fourth-order valence-corrected chi connectivity index (χ4v) is 5.75. The highest BCUT2D eigenvalue weighted by Crippen LogP contribution is 2.33. The Balaban J connectivity index is 1.80. The van der Waals surface area contributed by atoms with Crippen LogP contribution in [0.3, 0.4) is 0 Å². The lowest BCUT2D eigenvalue weighted by Gasteiger charge is -2.23. The van der Waals surface area contributed by atoms with Gasteiger partial charge in [0, 0.05) is 4.88 Å². The maximum atomic E-state index is 13.6.